The van der Waals surface area contributed by atoms with E-state index in [4.69, 9.17) is 15.2 Å². The Morgan fingerprint density at radius 1 is 0.909 bits per heavy atom. The molecule has 0 radical (unpaired) electrons. The number of hydrogen-bond donors (Lipinski definition) is 1. The smallest absolute Gasteiger partial charge is 0.305 e. The predicted octanol–water partition coefficient (Wildman–Crippen LogP) is 5.74. The van der Waals surface area contributed by atoms with E-state index in [0.717, 1.165) is 34.9 Å². The number of rotatable bonds is 6. The standard InChI is InChI=1S/C29H27NO3/c1-32-28(31)13-10-19-14-26(24-12-11-20-6-2-3-7-21(20)16-24)29(27(30)15-19)33-25-17-22-8-4-5-9-23(22)18-25/h2-9,11-12,14-16,25H,10,13,17-18,30H2,1H3. The predicted molar refractivity (Wildman–Crippen MR) is 132 cm³/mol. The first-order valence-corrected chi connectivity index (χ1v) is 11.3. The second kappa shape index (κ2) is 8.99. The van der Waals surface area contributed by atoms with E-state index >= 15 is 0 Å². The number of aryl methyl sites for hydroxylation is 1. The molecule has 0 saturated heterocycles. The van der Waals surface area contributed by atoms with Gasteiger partial charge in [0, 0.05) is 24.8 Å². The summed E-state index contributed by atoms with van der Waals surface area (Å²) in [6.45, 7) is 0. The van der Waals surface area contributed by atoms with Crippen molar-refractivity contribution < 1.29 is 14.3 Å². The maximum Gasteiger partial charge on any atom is 0.305 e. The minimum Gasteiger partial charge on any atom is -0.487 e. The van der Waals surface area contributed by atoms with Crippen LogP contribution in [-0.4, -0.2) is 19.2 Å². The molecule has 0 amide bonds. The minimum atomic E-state index is -0.232. The van der Waals surface area contributed by atoms with Crippen molar-refractivity contribution >= 4 is 22.4 Å². The summed E-state index contributed by atoms with van der Waals surface area (Å²) < 4.78 is 11.4. The molecule has 4 heteroatoms. The van der Waals surface area contributed by atoms with Crippen LogP contribution in [0.15, 0.2) is 78.9 Å². The molecule has 0 aliphatic heterocycles. The first-order chi connectivity index (χ1) is 16.1. The van der Waals surface area contributed by atoms with Crippen LogP contribution in [0.4, 0.5) is 5.69 Å². The van der Waals surface area contributed by atoms with Crippen molar-refractivity contribution in [2.45, 2.75) is 31.8 Å². The van der Waals surface area contributed by atoms with Gasteiger partial charge >= 0.3 is 5.97 Å². The number of esters is 1. The fourth-order valence-corrected chi connectivity index (χ4v) is 4.68. The van der Waals surface area contributed by atoms with Crippen molar-refractivity contribution in [1.29, 1.82) is 0 Å². The van der Waals surface area contributed by atoms with Crippen LogP contribution in [0.25, 0.3) is 21.9 Å². The Morgan fingerprint density at radius 3 is 2.33 bits per heavy atom. The maximum absolute atomic E-state index is 11.7. The number of hydrogen-bond acceptors (Lipinski definition) is 4. The molecule has 33 heavy (non-hydrogen) atoms. The van der Waals surface area contributed by atoms with E-state index in [1.165, 1.54) is 23.6 Å². The van der Waals surface area contributed by atoms with Gasteiger partial charge in [-0.3, -0.25) is 4.79 Å². The van der Waals surface area contributed by atoms with E-state index in [1.807, 2.05) is 18.2 Å². The first kappa shape index (κ1) is 21.1. The molecule has 1 aliphatic rings. The van der Waals surface area contributed by atoms with E-state index < -0.39 is 0 Å². The van der Waals surface area contributed by atoms with Crippen molar-refractivity contribution in [3.63, 3.8) is 0 Å². The Bertz CT molecular complexity index is 1300. The van der Waals surface area contributed by atoms with Gasteiger partial charge in [-0.15, -0.1) is 0 Å². The second-order valence-electron chi connectivity index (χ2n) is 8.62. The molecule has 0 saturated carbocycles. The number of fused-ring (bicyclic) bond motifs is 2. The van der Waals surface area contributed by atoms with Crippen LogP contribution >= 0.6 is 0 Å². The molecular weight excluding hydrogens is 410 g/mol. The molecule has 0 unspecified atom stereocenters. The maximum atomic E-state index is 11.7. The Hall–Kier alpha value is -3.79. The summed E-state index contributed by atoms with van der Waals surface area (Å²) in [5.41, 5.74) is 12.8. The molecule has 0 bridgehead atoms. The van der Waals surface area contributed by atoms with Crippen LogP contribution in [0, 0.1) is 0 Å². The third-order valence-corrected chi connectivity index (χ3v) is 6.38. The molecule has 0 atom stereocenters. The van der Waals surface area contributed by atoms with Gasteiger partial charge in [0.1, 0.15) is 11.9 Å². The lowest BCUT2D eigenvalue weighted by Gasteiger charge is -2.20. The van der Waals surface area contributed by atoms with E-state index in [9.17, 15) is 4.79 Å². The Balaban J connectivity index is 1.53. The van der Waals surface area contributed by atoms with Gasteiger partial charge in [-0.1, -0.05) is 60.7 Å². The number of carbonyl (C=O) groups excluding carboxylic acids is 1. The summed E-state index contributed by atoms with van der Waals surface area (Å²) in [5.74, 6) is 0.481. The van der Waals surface area contributed by atoms with E-state index in [1.54, 1.807) is 0 Å². The number of nitrogens with two attached hydrogens (primary N) is 1. The number of anilines is 1. The summed E-state index contributed by atoms with van der Waals surface area (Å²) in [7, 11) is 1.41. The van der Waals surface area contributed by atoms with Crippen LogP contribution < -0.4 is 10.5 Å². The topological polar surface area (TPSA) is 61.5 Å². The Morgan fingerprint density at radius 2 is 1.61 bits per heavy atom. The second-order valence-corrected chi connectivity index (χ2v) is 8.62. The molecule has 0 aromatic heterocycles. The molecule has 4 nitrogen and oxygen atoms in total. The normalized spacial score (nSPS) is 13.1. The highest BCUT2D eigenvalue weighted by Gasteiger charge is 2.25. The van der Waals surface area contributed by atoms with Crippen molar-refractivity contribution in [2.24, 2.45) is 0 Å². The number of methoxy groups -OCH3 is 1. The minimum absolute atomic E-state index is 0.0461. The van der Waals surface area contributed by atoms with Gasteiger partial charge in [0.2, 0.25) is 0 Å². The molecule has 5 rings (SSSR count). The largest absolute Gasteiger partial charge is 0.487 e. The molecule has 1 aliphatic carbocycles. The van der Waals surface area contributed by atoms with Crippen molar-refractivity contribution in [3.05, 3.63) is 95.6 Å². The quantitative estimate of drug-likeness (QED) is 0.309. The highest BCUT2D eigenvalue weighted by Crippen LogP contribution is 2.40. The van der Waals surface area contributed by atoms with Gasteiger partial charge < -0.3 is 15.2 Å². The van der Waals surface area contributed by atoms with Gasteiger partial charge in [-0.2, -0.15) is 0 Å². The summed E-state index contributed by atoms with van der Waals surface area (Å²) in [6.07, 6.45) is 2.66. The number of carbonyl (C=O) groups is 1. The summed E-state index contributed by atoms with van der Waals surface area (Å²) in [6, 6.07) is 27.2. The van der Waals surface area contributed by atoms with E-state index in [2.05, 4.69) is 60.7 Å². The Kier molecular flexibility index (Phi) is 5.74. The lowest BCUT2D eigenvalue weighted by atomic mass is 9.96. The zero-order chi connectivity index (χ0) is 22.8. The van der Waals surface area contributed by atoms with Crippen LogP contribution in [0.1, 0.15) is 23.1 Å². The highest BCUT2D eigenvalue weighted by atomic mass is 16.5. The molecule has 0 spiro atoms. The molecule has 4 aromatic rings. The van der Waals surface area contributed by atoms with Crippen LogP contribution in [0.3, 0.4) is 0 Å². The first-order valence-electron chi connectivity index (χ1n) is 11.3. The molecule has 0 fully saturated rings. The van der Waals surface area contributed by atoms with Crippen LogP contribution in [0.5, 0.6) is 5.75 Å². The fraction of sp³-hybridized carbons (Fsp3) is 0.207. The SMILES string of the molecule is COC(=O)CCc1cc(N)c(OC2Cc3ccccc3C2)c(-c2ccc3ccccc3c2)c1. The van der Waals surface area contributed by atoms with Gasteiger partial charge in [-0.05, 0) is 57.6 Å². The van der Waals surface area contributed by atoms with E-state index in [-0.39, 0.29) is 12.1 Å². The molecule has 166 valence electrons. The fourth-order valence-electron chi connectivity index (χ4n) is 4.68. The van der Waals surface area contributed by atoms with E-state index in [0.29, 0.717) is 24.3 Å². The monoisotopic (exact) mass is 437 g/mol. The third-order valence-electron chi connectivity index (χ3n) is 6.38. The van der Waals surface area contributed by atoms with Gasteiger partial charge in [0.05, 0.1) is 12.8 Å². The zero-order valence-corrected chi connectivity index (χ0v) is 18.7. The lowest BCUT2D eigenvalue weighted by Crippen LogP contribution is -2.18. The lowest BCUT2D eigenvalue weighted by molar-refractivity contribution is -0.140. The average molecular weight is 438 g/mol. The zero-order valence-electron chi connectivity index (χ0n) is 18.7. The third kappa shape index (κ3) is 4.42. The summed E-state index contributed by atoms with van der Waals surface area (Å²) in [5, 5.41) is 2.34. The highest BCUT2D eigenvalue weighted by molar-refractivity contribution is 5.89. The molecular formula is C29H27NO3. The van der Waals surface area contributed by atoms with Crippen molar-refractivity contribution in [2.75, 3.05) is 12.8 Å². The average Bonchev–Trinajstić information content (AvgIpc) is 3.26. The van der Waals surface area contributed by atoms with Gasteiger partial charge in [-0.25, -0.2) is 0 Å². The molecule has 4 aromatic carbocycles. The summed E-state index contributed by atoms with van der Waals surface area (Å²) in [4.78, 5) is 11.7. The van der Waals surface area contributed by atoms with Crippen LogP contribution in [0.2, 0.25) is 0 Å². The summed E-state index contributed by atoms with van der Waals surface area (Å²) >= 11 is 0. The number of ether oxygens (including phenoxy) is 2. The van der Waals surface area contributed by atoms with Crippen LogP contribution in [-0.2, 0) is 28.8 Å². The van der Waals surface area contributed by atoms with Gasteiger partial charge in [0.15, 0.2) is 0 Å². The Labute approximate surface area is 194 Å². The molecule has 2 N–H and O–H groups in total. The van der Waals surface area contributed by atoms with Crippen molar-refractivity contribution in [1.82, 2.24) is 0 Å². The van der Waals surface area contributed by atoms with Crippen molar-refractivity contribution in [3.8, 4) is 16.9 Å². The number of nitrogen functional groups attached to an aromatic ring is 1. The number of benzene rings is 4. The van der Waals surface area contributed by atoms with Gasteiger partial charge in [0.25, 0.3) is 0 Å². The molecule has 0 heterocycles.